The number of nitrogens with one attached hydrogen (secondary N) is 1. The standard InChI is InChI=1S/C19H25NO2S/c1-5-15(4)18-9-7-8-16(6-2)19(18)20-23(21,22)17-12-10-14(3)11-13-17/h7-13,15,20H,5-6H2,1-4H3/t15-/m1/s1. The van der Waals surface area contributed by atoms with Crippen molar-refractivity contribution in [3.05, 3.63) is 59.2 Å². The van der Waals surface area contributed by atoms with E-state index in [9.17, 15) is 8.42 Å². The summed E-state index contributed by atoms with van der Waals surface area (Å²) in [6, 6.07) is 12.9. The van der Waals surface area contributed by atoms with Crippen LogP contribution in [-0.2, 0) is 16.4 Å². The summed E-state index contributed by atoms with van der Waals surface area (Å²) >= 11 is 0. The molecule has 0 amide bonds. The smallest absolute Gasteiger partial charge is 0.261 e. The molecule has 0 aliphatic carbocycles. The zero-order valence-electron chi connectivity index (χ0n) is 14.3. The van der Waals surface area contributed by atoms with Crippen molar-refractivity contribution < 1.29 is 8.42 Å². The van der Waals surface area contributed by atoms with Gasteiger partial charge in [0.05, 0.1) is 10.6 Å². The predicted molar refractivity (Wildman–Crippen MR) is 96.5 cm³/mol. The van der Waals surface area contributed by atoms with E-state index < -0.39 is 10.0 Å². The van der Waals surface area contributed by atoms with Gasteiger partial charge in [-0.25, -0.2) is 8.42 Å². The summed E-state index contributed by atoms with van der Waals surface area (Å²) in [5.41, 5.74) is 3.86. The molecule has 2 aromatic rings. The van der Waals surface area contributed by atoms with Crippen molar-refractivity contribution in [1.82, 2.24) is 0 Å². The summed E-state index contributed by atoms with van der Waals surface area (Å²) < 4.78 is 28.3. The van der Waals surface area contributed by atoms with E-state index in [0.29, 0.717) is 10.8 Å². The van der Waals surface area contributed by atoms with Crippen LogP contribution >= 0.6 is 0 Å². The van der Waals surface area contributed by atoms with Gasteiger partial charge in [-0.15, -0.1) is 0 Å². The van der Waals surface area contributed by atoms with Crippen LogP contribution in [0.25, 0.3) is 0 Å². The van der Waals surface area contributed by atoms with Gasteiger partial charge in [-0.05, 0) is 48.9 Å². The molecule has 0 aromatic heterocycles. The molecule has 3 nitrogen and oxygen atoms in total. The highest BCUT2D eigenvalue weighted by Gasteiger charge is 2.19. The van der Waals surface area contributed by atoms with Gasteiger partial charge in [0.2, 0.25) is 0 Å². The van der Waals surface area contributed by atoms with E-state index in [4.69, 9.17) is 0 Å². The maximum atomic E-state index is 12.7. The topological polar surface area (TPSA) is 46.2 Å². The number of benzene rings is 2. The van der Waals surface area contributed by atoms with Gasteiger partial charge in [-0.3, -0.25) is 4.72 Å². The zero-order valence-corrected chi connectivity index (χ0v) is 15.1. The number of anilines is 1. The Kier molecular flexibility index (Phi) is 5.47. The first-order chi connectivity index (χ1) is 10.9. The van der Waals surface area contributed by atoms with Gasteiger partial charge in [-0.2, -0.15) is 0 Å². The molecule has 0 spiro atoms. The summed E-state index contributed by atoms with van der Waals surface area (Å²) in [4.78, 5) is 0.295. The highest BCUT2D eigenvalue weighted by atomic mass is 32.2. The van der Waals surface area contributed by atoms with Crippen molar-refractivity contribution in [1.29, 1.82) is 0 Å². The van der Waals surface area contributed by atoms with Gasteiger partial charge in [0, 0.05) is 0 Å². The second-order valence-electron chi connectivity index (χ2n) is 5.96. The van der Waals surface area contributed by atoms with Gasteiger partial charge < -0.3 is 0 Å². The summed E-state index contributed by atoms with van der Waals surface area (Å²) in [5.74, 6) is 0.303. The largest absolute Gasteiger partial charge is 0.279 e. The minimum atomic E-state index is -3.58. The predicted octanol–water partition coefficient (Wildman–Crippen LogP) is 4.87. The maximum Gasteiger partial charge on any atom is 0.261 e. The van der Waals surface area contributed by atoms with Gasteiger partial charge in [0.15, 0.2) is 0 Å². The molecular formula is C19H25NO2S. The van der Waals surface area contributed by atoms with Crippen LogP contribution in [0.15, 0.2) is 47.4 Å². The number of para-hydroxylation sites is 1. The second-order valence-corrected chi connectivity index (χ2v) is 7.65. The Bertz CT molecular complexity index is 764. The first-order valence-electron chi connectivity index (χ1n) is 8.10. The van der Waals surface area contributed by atoms with Crippen LogP contribution in [-0.4, -0.2) is 8.42 Å². The molecule has 1 atom stereocenters. The molecule has 4 heteroatoms. The van der Waals surface area contributed by atoms with Gasteiger partial charge >= 0.3 is 0 Å². The van der Waals surface area contributed by atoms with E-state index in [1.54, 1.807) is 12.1 Å². The fourth-order valence-electron chi connectivity index (χ4n) is 2.58. The number of aryl methyl sites for hydroxylation is 2. The monoisotopic (exact) mass is 331 g/mol. The molecule has 0 heterocycles. The molecule has 0 fully saturated rings. The molecule has 0 aliphatic rings. The lowest BCUT2D eigenvalue weighted by Crippen LogP contribution is -2.16. The number of hydrogen-bond donors (Lipinski definition) is 1. The Hall–Kier alpha value is -1.81. The van der Waals surface area contributed by atoms with Crippen LogP contribution in [0, 0.1) is 6.92 Å². The van der Waals surface area contributed by atoms with Crippen LogP contribution in [0.3, 0.4) is 0 Å². The molecule has 0 aliphatic heterocycles. The van der Waals surface area contributed by atoms with Gasteiger partial charge in [-0.1, -0.05) is 56.7 Å². The highest BCUT2D eigenvalue weighted by molar-refractivity contribution is 7.92. The third-order valence-electron chi connectivity index (χ3n) is 4.27. The van der Waals surface area contributed by atoms with Crippen LogP contribution in [0.1, 0.15) is 49.8 Å². The van der Waals surface area contributed by atoms with Crippen LogP contribution in [0.2, 0.25) is 0 Å². The fraction of sp³-hybridized carbons (Fsp3) is 0.368. The Labute approximate surface area is 139 Å². The Morgan fingerprint density at radius 3 is 2.26 bits per heavy atom. The van der Waals surface area contributed by atoms with Crippen LogP contribution in [0.4, 0.5) is 5.69 Å². The first kappa shape index (κ1) is 17.5. The molecular weight excluding hydrogens is 306 g/mol. The first-order valence-corrected chi connectivity index (χ1v) is 9.58. The van der Waals surface area contributed by atoms with Gasteiger partial charge in [0.1, 0.15) is 0 Å². The average Bonchev–Trinajstić information content (AvgIpc) is 2.54. The summed E-state index contributed by atoms with van der Waals surface area (Å²) in [5, 5.41) is 0. The Morgan fingerprint density at radius 2 is 1.70 bits per heavy atom. The third kappa shape index (κ3) is 3.94. The van der Waals surface area contributed by atoms with E-state index in [-0.39, 0.29) is 0 Å². The van der Waals surface area contributed by atoms with E-state index in [0.717, 1.165) is 35.2 Å². The lowest BCUT2D eigenvalue weighted by Gasteiger charge is -2.20. The quantitative estimate of drug-likeness (QED) is 0.820. The zero-order chi connectivity index (χ0) is 17.0. The average molecular weight is 331 g/mol. The van der Waals surface area contributed by atoms with E-state index in [2.05, 4.69) is 18.6 Å². The minimum absolute atomic E-state index is 0.295. The van der Waals surface area contributed by atoms with E-state index in [1.165, 1.54) is 0 Å². The molecule has 1 N–H and O–H groups in total. The minimum Gasteiger partial charge on any atom is -0.279 e. The maximum absolute atomic E-state index is 12.7. The summed E-state index contributed by atoms with van der Waals surface area (Å²) in [7, 11) is -3.58. The van der Waals surface area contributed by atoms with Gasteiger partial charge in [0.25, 0.3) is 10.0 Å². The van der Waals surface area contributed by atoms with E-state index >= 15 is 0 Å². The summed E-state index contributed by atoms with van der Waals surface area (Å²) in [6.07, 6.45) is 1.75. The van der Waals surface area contributed by atoms with Crippen molar-refractivity contribution in [3.8, 4) is 0 Å². The summed E-state index contributed by atoms with van der Waals surface area (Å²) in [6.45, 7) is 8.22. The molecule has 2 aromatic carbocycles. The normalized spacial score (nSPS) is 12.9. The highest BCUT2D eigenvalue weighted by Crippen LogP contribution is 2.32. The number of sulfonamides is 1. The van der Waals surface area contributed by atoms with Crippen molar-refractivity contribution in [2.24, 2.45) is 0 Å². The van der Waals surface area contributed by atoms with Crippen molar-refractivity contribution in [3.63, 3.8) is 0 Å². The van der Waals surface area contributed by atoms with E-state index in [1.807, 2.05) is 44.2 Å². The molecule has 0 radical (unpaired) electrons. The third-order valence-corrected chi connectivity index (χ3v) is 5.64. The second kappa shape index (κ2) is 7.18. The Balaban J connectivity index is 2.47. The molecule has 0 saturated carbocycles. The lowest BCUT2D eigenvalue weighted by atomic mass is 9.94. The van der Waals surface area contributed by atoms with Crippen molar-refractivity contribution in [2.75, 3.05) is 4.72 Å². The SMILES string of the molecule is CCc1cccc([C@H](C)CC)c1NS(=O)(=O)c1ccc(C)cc1. The number of rotatable bonds is 6. The van der Waals surface area contributed by atoms with Crippen molar-refractivity contribution >= 4 is 15.7 Å². The molecule has 0 saturated heterocycles. The molecule has 0 unspecified atom stereocenters. The van der Waals surface area contributed by atoms with Crippen LogP contribution < -0.4 is 4.72 Å². The number of hydrogen-bond acceptors (Lipinski definition) is 2. The van der Waals surface area contributed by atoms with Crippen LogP contribution in [0.5, 0.6) is 0 Å². The molecule has 23 heavy (non-hydrogen) atoms. The Morgan fingerprint density at radius 1 is 1.04 bits per heavy atom. The fourth-order valence-corrected chi connectivity index (χ4v) is 3.71. The lowest BCUT2D eigenvalue weighted by molar-refractivity contribution is 0.601. The van der Waals surface area contributed by atoms with Crippen molar-refractivity contribution in [2.45, 2.75) is 51.3 Å². The molecule has 2 rings (SSSR count). The molecule has 124 valence electrons. The molecule has 0 bridgehead atoms.